The van der Waals surface area contributed by atoms with Crippen LogP contribution in [0, 0.1) is 12.8 Å². The number of aromatic hydroxyl groups is 1. The number of carbonyl (C=O) groups excluding carboxylic acids is 2. The molecule has 2 aromatic carbocycles. The molecule has 5 heteroatoms. The first-order valence-corrected chi connectivity index (χ1v) is 8.95. The molecule has 1 aliphatic heterocycles. The maximum Gasteiger partial charge on any atom is 0.257 e. The summed E-state index contributed by atoms with van der Waals surface area (Å²) in [7, 11) is 0. The molecular weight excluding hydrogens is 328 g/mol. The van der Waals surface area contributed by atoms with Gasteiger partial charge in [0, 0.05) is 25.6 Å². The van der Waals surface area contributed by atoms with Gasteiger partial charge in [-0.25, -0.2) is 0 Å². The van der Waals surface area contributed by atoms with E-state index >= 15 is 0 Å². The van der Waals surface area contributed by atoms with Crippen molar-refractivity contribution in [1.82, 2.24) is 10.2 Å². The van der Waals surface area contributed by atoms with Gasteiger partial charge in [-0.2, -0.15) is 0 Å². The van der Waals surface area contributed by atoms with E-state index < -0.39 is 0 Å². The minimum absolute atomic E-state index is 0.00308. The zero-order chi connectivity index (χ0) is 18.5. The number of nitrogens with zero attached hydrogens (tertiary/aromatic N) is 1. The molecule has 136 valence electrons. The molecule has 3 rings (SSSR count). The first-order chi connectivity index (χ1) is 12.5. The van der Waals surface area contributed by atoms with Crippen molar-refractivity contribution in [2.24, 2.45) is 5.92 Å². The number of nitrogens with one attached hydrogen (secondary N) is 1. The van der Waals surface area contributed by atoms with Gasteiger partial charge in [0.25, 0.3) is 5.91 Å². The lowest BCUT2D eigenvalue weighted by Crippen LogP contribution is -2.43. The van der Waals surface area contributed by atoms with E-state index in [-0.39, 0.29) is 23.5 Å². The van der Waals surface area contributed by atoms with Crippen LogP contribution in [-0.4, -0.2) is 34.9 Å². The van der Waals surface area contributed by atoms with Gasteiger partial charge in [0.05, 0.1) is 5.56 Å². The summed E-state index contributed by atoms with van der Waals surface area (Å²) < 4.78 is 0. The Morgan fingerprint density at radius 3 is 2.50 bits per heavy atom. The number of amides is 2. The summed E-state index contributed by atoms with van der Waals surface area (Å²) in [5.74, 6) is -0.203. The van der Waals surface area contributed by atoms with Gasteiger partial charge in [0.2, 0.25) is 5.91 Å². The molecule has 0 spiro atoms. The molecule has 1 heterocycles. The van der Waals surface area contributed by atoms with E-state index in [4.69, 9.17) is 0 Å². The van der Waals surface area contributed by atoms with Crippen LogP contribution in [-0.2, 0) is 11.3 Å². The minimum Gasteiger partial charge on any atom is -0.507 e. The fourth-order valence-corrected chi connectivity index (χ4v) is 3.27. The molecule has 0 saturated carbocycles. The Morgan fingerprint density at radius 2 is 1.81 bits per heavy atom. The van der Waals surface area contributed by atoms with Crippen molar-refractivity contribution < 1.29 is 14.7 Å². The van der Waals surface area contributed by atoms with Crippen LogP contribution in [0.4, 0.5) is 0 Å². The molecular formula is C21H24N2O3. The predicted octanol–water partition coefficient (Wildman–Crippen LogP) is 2.87. The van der Waals surface area contributed by atoms with Crippen molar-refractivity contribution in [3.05, 3.63) is 65.2 Å². The normalized spacial score (nSPS) is 14.9. The van der Waals surface area contributed by atoms with Gasteiger partial charge in [0.15, 0.2) is 0 Å². The Morgan fingerprint density at radius 1 is 1.12 bits per heavy atom. The molecule has 0 unspecified atom stereocenters. The van der Waals surface area contributed by atoms with E-state index in [0.717, 1.165) is 11.1 Å². The standard InChI is InChI=1S/C21H24N2O3/c1-15-7-8-19(24)18(13-15)21(26)23-11-9-17(10-12-23)20(25)22-14-16-5-3-2-4-6-16/h2-8,13,17,24H,9-12,14H2,1H3,(H,22,25). The van der Waals surface area contributed by atoms with Gasteiger partial charge >= 0.3 is 0 Å². The van der Waals surface area contributed by atoms with Crippen LogP contribution >= 0.6 is 0 Å². The molecule has 1 aliphatic rings. The molecule has 1 saturated heterocycles. The lowest BCUT2D eigenvalue weighted by Gasteiger charge is -2.31. The van der Waals surface area contributed by atoms with Crippen molar-refractivity contribution in [3.63, 3.8) is 0 Å². The van der Waals surface area contributed by atoms with E-state index in [1.807, 2.05) is 37.3 Å². The Labute approximate surface area is 153 Å². The number of aryl methyl sites for hydroxylation is 1. The van der Waals surface area contributed by atoms with Gasteiger partial charge in [-0.05, 0) is 37.5 Å². The molecule has 0 radical (unpaired) electrons. The number of piperidine rings is 1. The van der Waals surface area contributed by atoms with Crippen LogP contribution in [0.5, 0.6) is 5.75 Å². The maximum absolute atomic E-state index is 12.6. The summed E-state index contributed by atoms with van der Waals surface area (Å²) >= 11 is 0. The number of hydrogen-bond acceptors (Lipinski definition) is 3. The fraction of sp³-hybridized carbons (Fsp3) is 0.333. The van der Waals surface area contributed by atoms with Gasteiger partial charge in [0.1, 0.15) is 5.75 Å². The van der Waals surface area contributed by atoms with Crippen molar-refractivity contribution >= 4 is 11.8 Å². The number of carbonyl (C=O) groups is 2. The van der Waals surface area contributed by atoms with E-state index in [0.29, 0.717) is 38.0 Å². The van der Waals surface area contributed by atoms with Crippen molar-refractivity contribution in [1.29, 1.82) is 0 Å². The fourth-order valence-electron chi connectivity index (χ4n) is 3.27. The van der Waals surface area contributed by atoms with Crippen LogP contribution < -0.4 is 5.32 Å². The molecule has 1 fully saturated rings. The smallest absolute Gasteiger partial charge is 0.257 e. The highest BCUT2D eigenvalue weighted by Crippen LogP contribution is 2.24. The lowest BCUT2D eigenvalue weighted by molar-refractivity contribution is -0.126. The first-order valence-electron chi connectivity index (χ1n) is 8.95. The van der Waals surface area contributed by atoms with Gasteiger partial charge in [-0.3, -0.25) is 9.59 Å². The molecule has 26 heavy (non-hydrogen) atoms. The average molecular weight is 352 g/mol. The van der Waals surface area contributed by atoms with Crippen LogP contribution in [0.25, 0.3) is 0 Å². The van der Waals surface area contributed by atoms with Crippen LogP contribution in [0.3, 0.4) is 0 Å². The van der Waals surface area contributed by atoms with E-state index in [1.165, 1.54) is 0 Å². The van der Waals surface area contributed by atoms with Crippen molar-refractivity contribution in [2.75, 3.05) is 13.1 Å². The van der Waals surface area contributed by atoms with Crippen LogP contribution in [0.2, 0.25) is 0 Å². The van der Waals surface area contributed by atoms with Gasteiger partial charge in [-0.15, -0.1) is 0 Å². The van der Waals surface area contributed by atoms with Crippen molar-refractivity contribution in [2.45, 2.75) is 26.3 Å². The zero-order valence-corrected chi connectivity index (χ0v) is 14.9. The molecule has 0 aromatic heterocycles. The highest BCUT2D eigenvalue weighted by molar-refractivity contribution is 5.97. The number of likely N-dealkylation sites (tertiary alicyclic amines) is 1. The second-order valence-corrected chi connectivity index (χ2v) is 6.79. The number of phenols is 1. The Hall–Kier alpha value is -2.82. The van der Waals surface area contributed by atoms with E-state index in [9.17, 15) is 14.7 Å². The second kappa shape index (κ2) is 8.04. The number of benzene rings is 2. The SMILES string of the molecule is Cc1ccc(O)c(C(=O)N2CCC(C(=O)NCc3ccccc3)CC2)c1. The molecule has 0 atom stereocenters. The number of hydrogen-bond donors (Lipinski definition) is 2. The molecule has 5 nitrogen and oxygen atoms in total. The zero-order valence-electron chi connectivity index (χ0n) is 14.9. The van der Waals surface area contributed by atoms with Crippen LogP contribution in [0.1, 0.15) is 34.3 Å². The molecule has 0 bridgehead atoms. The quantitative estimate of drug-likeness (QED) is 0.889. The minimum atomic E-state index is -0.172. The third-order valence-corrected chi connectivity index (χ3v) is 4.84. The molecule has 2 N–H and O–H groups in total. The Bertz CT molecular complexity index is 781. The topological polar surface area (TPSA) is 69.6 Å². The summed E-state index contributed by atoms with van der Waals surface area (Å²) in [6, 6.07) is 14.8. The summed E-state index contributed by atoms with van der Waals surface area (Å²) in [6.45, 7) is 3.46. The lowest BCUT2D eigenvalue weighted by atomic mass is 9.95. The third-order valence-electron chi connectivity index (χ3n) is 4.84. The van der Waals surface area contributed by atoms with Crippen LogP contribution in [0.15, 0.2) is 48.5 Å². The van der Waals surface area contributed by atoms with Gasteiger partial charge < -0.3 is 15.3 Å². The van der Waals surface area contributed by atoms with E-state index in [2.05, 4.69) is 5.32 Å². The summed E-state index contributed by atoms with van der Waals surface area (Å²) in [5, 5.41) is 12.9. The monoisotopic (exact) mass is 352 g/mol. The predicted molar refractivity (Wildman–Crippen MR) is 99.8 cm³/mol. The highest BCUT2D eigenvalue weighted by atomic mass is 16.3. The average Bonchev–Trinajstić information content (AvgIpc) is 2.68. The Kier molecular flexibility index (Phi) is 5.56. The summed E-state index contributed by atoms with van der Waals surface area (Å²) in [5.41, 5.74) is 2.33. The number of rotatable bonds is 4. The molecule has 2 aromatic rings. The third kappa shape index (κ3) is 4.23. The van der Waals surface area contributed by atoms with Crippen molar-refractivity contribution in [3.8, 4) is 5.75 Å². The molecule has 2 amide bonds. The van der Waals surface area contributed by atoms with Gasteiger partial charge in [-0.1, -0.05) is 42.0 Å². The largest absolute Gasteiger partial charge is 0.507 e. The maximum atomic E-state index is 12.6. The second-order valence-electron chi connectivity index (χ2n) is 6.79. The summed E-state index contributed by atoms with van der Waals surface area (Å²) in [6.07, 6.45) is 1.28. The summed E-state index contributed by atoms with van der Waals surface area (Å²) in [4.78, 5) is 26.7. The highest BCUT2D eigenvalue weighted by Gasteiger charge is 2.28. The Balaban J connectivity index is 1.53. The first kappa shape index (κ1) is 18.0. The number of phenolic OH excluding ortho intramolecular Hbond substituents is 1. The molecule has 0 aliphatic carbocycles. The van der Waals surface area contributed by atoms with E-state index in [1.54, 1.807) is 23.1 Å².